The molecule has 0 unspecified atom stereocenters. The normalized spacial score (nSPS) is 12.9. The Morgan fingerprint density at radius 1 is 0.284 bits per heavy atom. The summed E-state index contributed by atoms with van der Waals surface area (Å²) in [6, 6.07) is 91.5. The minimum absolute atomic E-state index is 0.434. The third-order valence-electron chi connectivity index (χ3n) is 14.5. The first kappa shape index (κ1) is 37.6. The molecule has 2 heteroatoms. The molecule has 312 valence electrons. The Labute approximate surface area is 389 Å². The van der Waals surface area contributed by atoms with Crippen molar-refractivity contribution in [2.45, 2.75) is 5.41 Å². The van der Waals surface area contributed by atoms with Gasteiger partial charge in [0, 0.05) is 27.7 Å². The van der Waals surface area contributed by atoms with E-state index in [-0.39, 0.29) is 0 Å². The molecule has 1 aromatic heterocycles. The largest absolute Gasteiger partial charge is 0.456 e. The molecule has 0 radical (unpaired) electrons. The summed E-state index contributed by atoms with van der Waals surface area (Å²) in [7, 11) is 0. The van der Waals surface area contributed by atoms with Gasteiger partial charge < -0.3 is 9.32 Å². The first-order valence-electron chi connectivity index (χ1n) is 23.2. The molecule has 2 nitrogen and oxygen atoms in total. The molecule has 11 aromatic carbocycles. The Morgan fingerprint density at radius 2 is 0.821 bits per heavy atom. The van der Waals surface area contributed by atoms with Gasteiger partial charge in [-0.05, 0) is 138 Å². The summed E-state index contributed by atoms with van der Waals surface area (Å²) < 4.78 is 6.24. The molecule has 0 aliphatic heterocycles. The van der Waals surface area contributed by atoms with Gasteiger partial charge in [0.2, 0.25) is 0 Å². The van der Waals surface area contributed by atoms with Crippen LogP contribution in [0.4, 0.5) is 17.1 Å². The summed E-state index contributed by atoms with van der Waals surface area (Å²) in [6.07, 6.45) is 0. The number of benzene rings is 11. The van der Waals surface area contributed by atoms with Gasteiger partial charge in [0.15, 0.2) is 0 Å². The maximum Gasteiger partial charge on any atom is 0.135 e. The molecule has 14 rings (SSSR count). The van der Waals surface area contributed by atoms with E-state index < -0.39 is 5.41 Å². The second kappa shape index (κ2) is 14.7. The Hall–Kier alpha value is -8.72. The molecular formula is C65H41NO. The third-order valence-corrected chi connectivity index (χ3v) is 14.5. The van der Waals surface area contributed by atoms with Gasteiger partial charge in [-0.3, -0.25) is 0 Å². The standard InChI is InChI=1S/C65H41NO/c1-2-19-49-42(15-1)16-14-25-50(49)43-31-35-47(36-32-43)66(48-18-13-17-44(39-48)45-34-38-64-57(40-45)56-24-7-12-30-63(56)67-64)62-29-11-6-20-51(62)46-33-37-55-54-23-5-10-28-60(54)65(61(55)41-46)58-26-8-3-21-52(58)53-22-4-9-27-59(53)65/h1-41H. The van der Waals surface area contributed by atoms with Crippen LogP contribution in [0, 0.1) is 0 Å². The fourth-order valence-corrected chi connectivity index (χ4v) is 11.6. The Balaban J connectivity index is 0.959. The molecule has 12 aromatic rings. The van der Waals surface area contributed by atoms with Crippen LogP contribution in [0.15, 0.2) is 253 Å². The number of para-hydroxylation sites is 2. The van der Waals surface area contributed by atoms with Crippen LogP contribution < -0.4 is 4.90 Å². The Morgan fingerprint density at radius 3 is 1.58 bits per heavy atom. The lowest BCUT2D eigenvalue weighted by Gasteiger charge is -2.31. The Bertz CT molecular complexity index is 3880. The van der Waals surface area contributed by atoms with Gasteiger partial charge in [-0.25, -0.2) is 0 Å². The van der Waals surface area contributed by atoms with E-state index in [1.807, 2.05) is 12.1 Å². The Kier molecular flexibility index (Phi) is 8.23. The fourth-order valence-electron chi connectivity index (χ4n) is 11.6. The van der Waals surface area contributed by atoms with Gasteiger partial charge in [-0.2, -0.15) is 0 Å². The van der Waals surface area contributed by atoms with Crippen LogP contribution in [0.25, 0.3) is 88.3 Å². The van der Waals surface area contributed by atoms with Crippen molar-refractivity contribution in [2.24, 2.45) is 0 Å². The van der Waals surface area contributed by atoms with Crippen molar-refractivity contribution in [1.82, 2.24) is 0 Å². The summed E-state index contributed by atoms with van der Waals surface area (Å²) in [4.78, 5) is 2.44. The molecule has 0 amide bonds. The summed E-state index contributed by atoms with van der Waals surface area (Å²) in [5.74, 6) is 0. The summed E-state index contributed by atoms with van der Waals surface area (Å²) >= 11 is 0. The van der Waals surface area contributed by atoms with Gasteiger partial charge in [0.1, 0.15) is 11.2 Å². The predicted molar refractivity (Wildman–Crippen MR) is 279 cm³/mol. The SMILES string of the molecule is c1cc(-c2ccc3oc4ccccc4c3c2)cc(N(c2ccc(-c3cccc4ccccc34)cc2)c2ccccc2-c2ccc3c(c2)C2(c4ccccc4-c4ccccc42)c2ccccc2-3)c1. The third kappa shape index (κ3) is 5.57. The zero-order valence-electron chi connectivity index (χ0n) is 36.5. The number of hydrogen-bond acceptors (Lipinski definition) is 2. The van der Waals surface area contributed by atoms with Crippen LogP contribution in [0.5, 0.6) is 0 Å². The van der Waals surface area contributed by atoms with Gasteiger partial charge in [-0.1, -0.05) is 194 Å². The van der Waals surface area contributed by atoms with E-state index >= 15 is 0 Å². The molecule has 1 heterocycles. The molecule has 0 N–H and O–H groups in total. The number of anilines is 3. The van der Waals surface area contributed by atoms with E-state index in [0.717, 1.165) is 55.7 Å². The summed E-state index contributed by atoms with van der Waals surface area (Å²) in [5.41, 5.74) is 22.2. The number of nitrogens with zero attached hydrogens (tertiary/aromatic N) is 1. The van der Waals surface area contributed by atoms with Crippen LogP contribution in [-0.2, 0) is 5.41 Å². The number of hydrogen-bond donors (Lipinski definition) is 0. The van der Waals surface area contributed by atoms with Crippen molar-refractivity contribution < 1.29 is 4.42 Å². The average Bonchev–Trinajstić information content (AvgIpc) is 4.03. The monoisotopic (exact) mass is 851 g/mol. The minimum atomic E-state index is -0.434. The van der Waals surface area contributed by atoms with Crippen molar-refractivity contribution >= 4 is 49.8 Å². The molecule has 2 aliphatic rings. The van der Waals surface area contributed by atoms with Crippen molar-refractivity contribution in [3.63, 3.8) is 0 Å². The zero-order valence-corrected chi connectivity index (χ0v) is 36.5. The highest BCUT2D eigenvalue weighted by Crippen LogP contribution is 2.63. The second-order valence-electron chi connectivity index (χ2n) is 17.9. The maximum absolute atomic E-state index is 6.24. The maximum atomic E-state index is 6.24. The minimum Gasteiger partial charge on any atom is -0.456 e. The van der Waals surface area contributed by atoms with Crippen LogP contribution in [0.3, 0.4) is 0 Å². The topological polar surface area (TPSA) is 16.4 Å². The molecule has 1 spiro atoms. The van der Waals surface area contributed by atoms with Crippen LogP contribution in [0.2, 0.25) is 0 Å². The van der Waals surface area contributed by atoms with Crippen molar-refractivity contribution in [2.75, 3.05) is 4.90 Å². The molecule has 0 atom stereocenters. The van der Waals surface area contributed by atoms with Gasteiger partial charge in [0.25, 0.3) is 0 Å². The molecule has 67 heavy (non-hydrogen) atoms. The quantitative estimate of drug-likeness (QED) is 0.166. The molecule has 2 aliphatic carbocycles. The average molecular weight is 852 g/mol. The highest BCUT2D eigenvalue weighted by atomic mass is 16.3. The fraction of sp³-hybridized carbons (Fsp3) is 0.0154. The lowest BCUT2D eigenvalue weighted by Crippen LogP contribution is -2.25. The first-order valence-corrected chi connectivity index (χ1v) is 23.2. The van der Waals surface area contributed by atoms with E-state index in [4.69, 9.17) is 4.42 Å². The van der Waals surface area contributed by atoms with Crippen molar-refractivity contribution in [3.05, 3.63) is 271 Å². The number of furan rings is 1. The van der Waals surface area contributed by atoms with Crippen LogP contribution >= 0.6 is 0 Å². The van der Waals surface area contributed by atoms with Gasteiger partial charge >= 0.3 is 0 Å². The van der Waals surface area contributed by atoms with Crippen molar-refractivity contribution in [3.8, 4) is 55.6 Å². The number of rotatable bonds is 6. The van der Waals surface area contributed by atoms with E-state index in [1.165, 1.54) is 72.0 Å². The molecule has 0 bridgehead atoms. The van der Waals surface area contributed by atoms with Crippen molar-refractivity contribution in [1.29, 1.82) is 0 Å². The molecule has 0 saturated heterocycles. The summed E-state index contributed by atoms with van der Waals surface area (Å²) in [5, 5.41) is 4.73. The molecule has 0 fully saturated rings. The second-order valence-corrected chi connectivity index (χ2v) is 17.9. The first-order chi connectivity index (χ1) is 33.2. The highest BCUT2D eigenvalue weighted by molar-refractivity contribution is 6.06. The smallest absolute Gasteiger partial charge is 0.135 e. The highest BCUT2D eigenvalue weighted by Gasteiger charge is 2.51. The predicted octanol–water partition coefficient (Wildman–Crippen LogP) is 17.6. The number of fused-ring (bicyclic) bond motifs is 14. The zero-order chi connectivity index (χ0) is 44.1. The lowest BCUT2D eigenvalue weighted by atomic mass is 9.70. The van der Waals surface area contributed by atoms with Gasteiger partial charge in [0.05, 0.1) is 11.1 Å². The molecular weight excluding hydrogens is 811 g/mol. The van der Waals surface area contributed by atoms with E-state index in [1.54, 1.807) is 0 Å². The summed E-state index contributed by atoms with van der Waals surface area (Å²) in [6.45, 7) is 0. The van der Waals surface area contributed by atoms with E-state index in [2.05, 4.69) is 241 Å². The molecule has 0 saturated carbocycles. The van der Waals surface area contributed by atoms with Crippen LogP contribution in [-0.4, -0.2) is 0 Å². The van der Waals surface area contributed by atoms with Crippen LogP contribution in [0.1, 0.15) is 22.3 Å². The lowest BCUT2D eigenvalue weighted by molar-refractivity contribution is 0.669. The van der Waals surface area contributed by atoms with E-state index in [9.17, 15) is 0 Å². The van der Waals surface area contributed by atoms with E-state index in [0.29, 0.717) is 0 Å². The van der Waals surface area contributed by atoms with Gasteiger partial charge in [-0.15, -0.1) is 0 Å².